The van der Waals surface area contributed by atoms with E-state index >= 15 is 0 Å². The van der Waals surface area contributed by atoms with Crippen LogP contribution in [0.1, 0.15) is 29.9 Å². The van der Waals surface area contributed by atoms with Gasteiger partial charge in [-0.25, -0.2) is 9.37 Å². The lowest BCUT2D eigenvalue weighted by molar-refractivity contribution is -0.125. The number of rotatable bonds is 5. The Labute approximate surface area is 173 Å². The molecule has 0 bridgehead atoms. The van der Waals surface area contributed by atoms with Gasteiger partial charge in [0.25, 0.3) is 5.91 Å². The lowest BCUT2D eigenvalue weighted by Gasteiger charge is -2.15. The first-order valence-corrected chi connectivity index (χ1v) is 9.60. The van der Waals surface area contributed by atoms with E-state index < -0.39 is 11.6 Å². The molecule has 3 aromatic rings. The number of anilines is 3. The van der Waals surface area contributed by atoms with E-state index in [1.54, 1.807) is 12.1 Å². The molecule has 1 aliphatic rings. The highest BCUT2D eigenvalue weighted by Gasteiger charge is 2.28. The summed E-state index contributed by atoms with van der Waals surface area (Å²) in [5.41, 5.74) is 2.27. The summed E-state index contributed by atoms with van der Waals surface area (Å²) in [5.74, 6) is -0.565. The second kappa shape index (κ2) is 7.72. The van der Waals surface area contributed by atoms with E-state index in [1.807, 2.05) is 30.3 Å². The van der Waals surface area contributed by atoms with Crippen LogP contribution >= 0.6 is 0 Å². The number of hydrogen-bond acceptors (Lipinski definition) is 5. The molecule has 1 amide bonds. The third kappa shape index (κ3) is 3.95. The number of aromatic nitrogens is 2. The summed E-state index contributed by atoms with van der Waals surface area (Å²) in [6.45, 7) is 3.17. The van der Waals surface area contributed by atoms with E-state index in [0.29, 0.717) is 29.1 Å². The lowest BCUT2D eigenvalue weighted by Crippen LogP contribution is -2.32. The maximum absolute atomic E-state index is 13.9. The first-order chi connectivity index (χ1) is 14.3. The summed E-state index contributed by atoms with van der Waals surface area (Å²) in [6.07, 6.45) is 1.53. The number of halogens is 1. The van der Waals surface area contributed by atoms with Gasteiger partial charge in [0, 0.05) is 29.7 Å². The molecule has 8 heteroatoms. The van der Waals surface area contributed by atoms with Gasteiger partial charge in [-0.15, -0.1) is 0 Å². The van der Waals surface area contributed by atoms with Crippen LogP contribution in [0.15, 0.2) is 48.7 Å². The predicted octanol–water partition coefficient (Wildman–Crippen LogP) is 3.79. The highest BCUT2D eigenvalue weighted by atomic mass is 19.1. The largest absolute Gasteiger partial charge is 0.355 e. The first kappa shape index (κ1) is 19.8. The molecule has 4 rings (SSSR count). The van der Waals surface area contributed by atoms with Crippen molar-refractivity contribution in [3.05, 3.63) is 59.9 Å². The van der Waals surface area contributed by atoms with Crippen molar-refractivity contribution < 1.29 is 14.0 Å². The number of H-pyrrole nitrogens is 1. The van der Waals surface area contributed by atoms with E-state index in [2.05, 4.69) is 25.9 Å². The number of alkyl halides is 1. The number of hydrogen-bond donors (Lipinski definition) is 4. The number of aromatic amines is 1. The number of pyridine rings is 1. The molecule has 0 fully saturated rings. The summed E-state index contributed by atoms with van der Waals surface area (Å²) < 4.78 is 13.9. The molecule has 1 aromatic carbocycles. The van der Waals surface area contributed by atoms with Gasteiger partial charge in [-0.3, -0.25) is 9.59 Å². The Morgan fingerprint density at radius 3 is 2.67 bits per heavy atom. The van der Waals surface area contributed by atoms with Gasteiger partial charge in [0.05, 0.1) is 23.5 Å². The zero-order valence-electron chi connectivity index (χ0n) is 16.7. The number of amides is 1. The fourth-order valence-electron chi connectivity index (χ4n) is 3.31. The van der Waals surface area contributed by atoms with Crippen molar-refractivity contribution in [2.75, 3.05) is 17.2 Å². The molecule has 2 aromatic heterocycles. The smallest absolute Gasteiger partial charge is 0.262 e. The van der Waals surface area contributed by atoms with Crippen LogP contribution in [0.2, 0.25) is 0 Å². The van der Waals surface area contributed by atoms with Gasteiger partial charge in [0.15, 0.2) is 11.5 Å². The van der Waals surface area contributed by atoms with E-state index in [0.717, 1.165) is 11.4 Å². The van der Waals surface area contributed by atoms with Crippen molar-refractivity contribution in [3.63, 3.8) is 0 Å². The molecule has 30 heavy (non-hydrogen) atoms. The molecule has 4 N–H and O–H groups in total. The van der Waals surface area contributed by atoms with Crippen LogP contribution in [0.4, 0.5) is 21.6 Å². The van der Waals surface area contributed by atoms with Crippen molar-refractivity contribution in [3.8, 4) is 11.3 Å². The second-order valence-corrected chi connectivity index (χ2v) is 7.60. The number of Topliss-reactive ketones (excluding diaryl/α,β-unsaturated/α-hetero) is 1. The van der Waals surface area contributed by atoms with Gasteiger partial charge in [-0.1, -0.05) is 18.2 Å². The Kier molecular flexibility index (Phi) is 5.09. The molecular weight excluding hydrogens is 385 g/mol. The molecule has 1 aliphatic heterocycles. The third-order valence-electron chi connectivity index (χ3n) is 4.82. The number of carbonyl (C=O) groups excluding carboxylic acids is 2. The number of carbonyl (C=O) groups is 2. The van der Waals surface area contributed by atoms with Crippen molar-refractivity contribution in [2.45, 2.75) is 26.1 Å². The Bertz CT molecular complexity index is 1100. The maximum atomic E-state index is 13.9. The maximum Gasteiger partial charge on any atom is 0.262 e. The number of benzene rings is 1. The molecule has 0 atom stereocenters. The molecule has 0 saturated carbocycles. The lowest BCUT2D eigenvalue weighted by atomic mass is 10.0. The minimum atomic E-state index is -2.03. The highest BCUT2D eigenvalue weighted by Crippen LogP contribution is 2.37. The van der Waals surface area contributed by atoms with Gasteiger partial charge >= 0.3 is 0 Å². The van der Waals surface area contributed by atoms with Crippen LogP contribution < -0.4 is 16.0 Å². The van der Waals surface area contributed by atoms with Crippen molar-refractivity contribution in [1.29, 1.82) is 0 Å². The number of fused-ring (bicyclic) bond motifs is 1. The Morgan fingerprint density at radius 2 is 1.93 bits per heavy atom. The van der Waals surface area contributed by atoms with E-state index in [-0.39, 0.29) is 18.1 Å². The second-order valence-electron chi connectivity index (χ2n) is 7.60. The molecule has 0 aliphatic carbocycles. The van der Waals surface area contributed by atoms with Crippen LogP contribution in [0, 0.1) is 0 Å². The molecule has 3 heterocycles. The fraction of sp³-hybridized carbons (Fsp3) is 0.227. The quantitative estimate of drug-likeness (QED) is 0.516. The highest BCUT2D eigenvalue weighted by molar-refractivity contribution is 6.08. The molecule has 0 radical (unpaired) electrons. The Hall–Kier alpha value is -3.52. The monoisotopic (exact) mass is 407 g/mol. The van der Waals surface area contributed by atoms with Gasteiger partial charge < -0.3 is 20.9 Å². The summed E-state index contributed by atoms with van der Waals surface area (Å²) in [6, 6.07) is 13.0. The predicted molar refractivity (Wildman–Crippen MR) is 114 cm³/mol. The molecular formula is C22H22FN5O2. The van der Waals surface area contributed by atoms with Crippen LogP contribution in [0.3, 0.4) is 0 Å². The number of para-hydroxylation sites is 1. The van der Waals surface area contributed by atoms with Crippen molar-refractivity contribution >= 4 is 28.9 Å². The zero-order valence-corrected chi connectivity index (χ0v) is 16.7. The summed E-state index contributed by atoms with van der Waals surface area (Å²) >= 11 is 0. The standard InChI is InChI=1S/C22H22FN5O2/c1-22(2,23)21(30)28-17-10-13(8-9-25-17)19-20(26-14-6-4-3-5-7-14)18-15(27-19)11-24-12-16(18)29/h3-10,24,26-27H,11-12H2,1-2H3,(H,25,28,30). The van der Waals surface area contributed by atoms with Crippen LogP contribution in [0.5, 0.6) is 0 Å². The normalized spacial score (nSPS) is 13.6. The molecule has 0 spiro atoms. The van der Waals surface area contributed by atoms with E-state index in [9.17, 15) is 14.0 Å². The van der Waals surface area contributed by atoms with Gasteiger partial charge in [0.1, 0.15) is 5.82 Å². The first-order valence-electron chi connectivity index (χ1n) is 9.60. The Balaban J connectivity index is 1.76. The molecule has 0 saturated heterocycles. The van der Waals surface area contributed by atoms with Crippen LogP contribution in [-0.4, -0.2) is 33.9 Å². The molecule has 7 nitrogen and oxygen atoms in total. The van der Waals surface area contributed by atoms with Crippen LogP contribution in [0.25, 0.3) is 11.3 Å². The minimum Gasteiger partial charge on any atom is -0.355 e. The topological polar surface area (TPSA) is 98.9 Å². The summed E-state index contributed by atoms with van der Waals surface area (Å²) in [5, 5.41) is 8.92. The third-order valence-corrected chi connectivity index (χ3v) is 4.82. The van der Waals surface area contributed by atoms with Gasteiger partial charge in [-0.2, -0.15) is 0 Å². The molecule has 0 unspecified atom stereocenters. The minimum absolute atomic E-state index is 0.0149. The fourth-order valence-corrected chi connectivity index (χ4v) is 3.31. The van der Waals surface area contributed by atoms with E-state index in [1.165, 1.54) is 20.0 Å². The summed E-state index contributed by atoms with van der Waals surface area (Å²) in [4.78, 5) is 32.1. The molecule has 154 valence electrons. The van der Waals surface area contributed by atoms with Crippen molar-refractivity contribution in [2.24, 2.45) is 0 Å². The van der Waals surface area contributed by atoms with Gasteiger partial charge in [0.2, 0.25) is 0 Å². The Morgan fingerprint density at radius 1 is 1.17 bits per heavy atom. The SMILES string of the molecule is CC(C)(F)C(=O)Nc1cc(-c2[nH]c3c(c2Nc2ccccc2)C(=O)CNC3)ccn1. The van der Waals surface area contributed by atoms with Crippen LogP contribution in [-0.2, 0) is 11.3 Å². The average Bonchev–Trinajstić information content (AvgIpc) is 3.08. The van der Waals surface area contributed by atoms with E-state index in [4.69, 9.17) is 0 Å². The number of ketones is 1. The summed E-state index contributed by atoms with van der Waals surface area (Å²) in [7, 11) is 0. The zero-order chi connectivity index (χ0) is 21.3. The van der Waals surface area contributed by atoms with Gasteiger partial charge in [-0.05, 0) is 38.1 Å². The average molecular weight is 407 g/mol. The number of nitrogens with zero attached hydrogens (tertiary/aromatic N) is 1. The number of nitrogens with one attached hydrogen (secondary N) is 4. The van der Waals surface area contributed by atoms with Crippen molar-refractivity contribution in [1.82, 2.24) is 15.3 Å².